The summed E-state index contributed by atoms with van der Waals surface area (Å²) < 4.78 is 13.2. The lowest BCUT2D eigenvalue weighted by Gasteiger charge is -2.36. The van der Waals surface area contributed by atoms with Gasteiger partial charge in [0.15, 0.2) is 0 Å². The summed E-state index contributed by atoms with van der Waals surface area (Å²) in [6.45, 7) is 7.02. The highest BCUT2D eigenvalue weighted by Crippen LogP contribution is 2.41. The van der Waals surface area contributed by atoms with Gasteiger partial charge in [0.05, 0.1) is 35.4 Å². The van der Waals surface area contributed by atoms with E-state index in [4.69, 9.17) is 14.5 Å². The van der Waals surface area contributed by atoms with E-state index in [2.05, 4.69) is 40.1 Å². The summed E-state index contributed by atoms with van der Waals surface area (Å²) in [5, 5.41) is 1.000. The van der Waals surface area contributed by atoms with Crippen molar-refractivity contribution < 1.29 is 19.1 Å². The standard InChI is InChI=1S/C34H34N4O5/c1-2-34(43-30(39)12-13-36-14-16-37(17-15-36)20-23-8-4-3-5-9-23)27-19-29-31-25(18-24-10-6-7-11-28(24)35-31)21-38(29)32(40)26(27)22-42-33(34)41/h3-11,18-19H,2,12-17,20-22H2,1H3. The Morgan fingerprint density at radius 2 is 1.72 bits per heavy atom. The highest BCUT2D eigenvalue weighted by Gasteiger charge is 2.50. The van der Waals surface area contributed by atoms with E-state index >= 15 is 0 Å². The van der Waals surface area contributed by atoms with Gasteiger partial charge in [-0.3, -0.25) is 14.5 Å². The Balaban J connectivity index is 1.09. The number of carbonyl (C=O) groups is 2. The van der Waals surface area contributed by atoms with Gasteiger partial charge < -0.3 is 18.9 Å². The van der Waals surface area contributed by atoms with Crippen LogP contribution in [0.25, 0.3) is 22.3 Å². The van der Waals surface area contributed by atoms with Crippen LogP contribution in [0.15, 0.2) is 71.5 Å². The Bertz CT molecular complexity index is 1780. The number of carbonyl (C=O) groups excluding carboxylic acids is 2. The van der Waals surface area contributed by atoms with Crippen molar-refractivity contribution in [3.05, 3.63) is 99.3 Å². The van der Waals surface area contributed by atoms with Crippen LogP contribution in [0, 0.1) is 0 Å². The van der Waals surface area contributed by atoms with Gasteiger partial charge in [0.2, 0.25) is 5.60 Å². The van der Waals surface area contributed by atoms with Crippen LogP contribution < -0.4 is 5.56 Å². The van der Waals surface area contributed by atoms with E-state index in [1.165, 1.54) is 5.56 Å². The van der Waals surface area contributed by atoms with Gasteiger partial charge in [-0.05, 0) is 30.2 Å². The SMILES string of the molecule is CCC1(OC(=O)CCN2CCN(Cc3ccccc3)CC2)C(=O)OCc2c1cc1n(c2=O)Cc2cc3ccccc3nc2-1. The molecule has 0 bridgehead atoms. The number of fused-ring (bicyclic) bond motifs is 5. The first-order chi connectivity index (χ1) is 20.9. The van der Waals surface area contributed by atoms with Gasteiger partial charge in [0.1, 0.15) is 6.61 Å². The number of rotatable bonds is 7. The molecule has 2 aromatic heterocycles. The van der Waals surface area contributed by atoms with Gasteiger partial charge in [-0.15, -0.1) is 0 Å². The molecule has 3 aliphatic rings. The van der Waals surface area contributed by atoms with Gasteiger partial charge in [0, 0.05) is 55.8 Å². The Kier molecular flexibility index (Phi) is 7.07. The van der Waals surface area contributed by atoms with E-state index in [0.29, 0.717) is 35.6 Å². The van der Waals surface area contributed by atoms with Gasteiger partial charge in [-0.1, -0.05) is 55.5 Å². The molecule has 9 nitrogen and oxygen atoms in total. The second-order valence-electron chi connectivity index (χ2n) is 11.6. The number of ether oxygens (including phenoxy) is 2. The molecule has 0 aliphatic carbocycles. The molecule has 0 spiro atoms. The fraction of sp³-hybridized carbons (Fsp3) is 0.353. The molecule has 0 amide bonds. The van der Waals surface area contributed by atoms with Crippen LogP contribution in [0.1, 0.15) is 42.0 Å². The smallest absolute Gasteiger partial charge is 0.355 e. The molecule has 3 aliphatic heterocycles. The lowest BCUT2D eigenvalue weighted by Crippen LogP contribution is -2.48. The zero-order valence-corrected chi connectivity index (χ0v) is 24.3. The Hall–Kier alpha value is -4.34. The molecule has 2 aromatic carbocycles. The molecule has 9 heteroatoms. The van der Waals surface area contributed by atoms with Crippen LogP contribution in [-0.4, -0.2) is 64.0 Å². The molecule has 43 heavy (non-hydrogen) atoms. The van der Waals surface area contributed by atoms with Gasteiger partial charge in [-0.2, -0.15) is 0 Å². The van der Waals surface area contributed by atoms with Crippen LogP contribution >= 0.6 is 0 Å². The van der Waals surface area contributed by atoms with Crippen molar-refractivity contribution in [2.45, 2.75) is 45.1 Å². The normalized spacial score (nSPS) is 19.9. The quantitative estimate of drug-likeness (QED) is 0.269. The van der Waals surface area contributed by atoms with Crippen molar-refractivity contribution in [1.82, 2.24) is 19.4 Å². The predicted molar refractivity (Wildman–Crippen MR) is 161 cm³/mol. The number of aromatic nitrogens is 2. The van der Waals surface area contributed by atoms with E-state index in [-0.39, 0.29) is 25.0 Å². The maximum atomic E-state index is 13.7. The minimum atomic E-state index is -1.67. The summed E-state index contributed by atoms with van der Waals surface area (Å²) in [6, 6.07) is 22.1. The lowest BCUT2D eigenvalue weighted by molar-refractivity contribution is -0.189. The molecule has 0 radical (unpaired) electrons. The zero-order chi connectivity index (χ0) is 29.6. The van der Waals surface area contributed by atoms with Crippen LogP contribution in [0.4, 0.5) is 0 Å². The van der Waals surface area contributed by atoms with Crippen LogP contribution in [0.2, 0.25) is 0 Å². The molecule has 1 saturated heterocycles. The van der Waals surface area contributed by atoms with Crippen molar-refractivity contribution >= 4 is 22.8 Å². The number of para-hydroxylation sites is 1. The number of hydrogen-bond acceptors (Lipinski definition) is 8. The first kappa shape index (κ1) is 27.5. The van der Waals surface area contributed by atoms with Crippen molar-refractivity contribution in [3.8, 4) is 11.4 Å². The number of benzene rings is 2. The van der Waals surface area contributed by atoms with E-state index in [1.807, 2.05) is 36.4 Å². The summed E-state index contributed by atoms with van der Waals surface area (Å²) in [4.78, 5) is 49.9. The maximum absolute atomic E-state index is 13.7. The molecule has 4 aromatic rings. The van der Waals surface area contributed by atoms with E-state index in [1.54, 1.807) is 11.5 Å². The highest BCUT2D eigenvalue weighted by molar-refractivity contribution is 5.88. The third-order valence-electron chi connectivity index (χ3n) is 9.02. The molecule has 220 valence electrons. The van der Waals surface area contributed by atoms with Crippen molar-refractivity contribution in [2.24, 2.45) is 0 Å². The van der Waals surface area contributed by atoms with E-state index < -0.39 is 17.5 Å². The molecule has 5 heterocycles. The first-order valence-corrected chi connectivity index (χ1v) is 15.0. The fourth-order valence-electron chi connectivity index (χ4n) is 6.59. The summed E-state index contributed by atoms with van der Waals surface area (Å²) in [5.41, 5.74) is 3.24. The maximum Gasteiger partial charge on any atom is 0.355 e. The van der Waals surface area contributed by atoms with Crippen LogP contribution in [0.5, 0.6) is 0 Å². The molecule has 7 rings (SSSR count). The molecular weight excluding hydrogens is 544 g/mol. The summed E-state index contributed by atoms with van der Waals surface area (Å²) >= 11 is 0. The number of hydrogen-bond donors (Lipinski definition) is 0. The third-order valence-corrected chi connectivity index (χ3v) is 9.02. The lowest BCUT2D eigenvalue weighted by atomic mass is 9.85. The average molecular weight is 579 g/mol. The number of nitrogens with zero attached hydrogens (tertiary/aromatic N) is 4. The zero-order valence-electron chi connectivity index (χ0n) is 24.3. The fourth-order valence-corrected chi connectivity index (χ4v) is 6.59. The minimum absolute atomic E-state index is 0.142. The molecule has 1 atom stereocenters. The summed E-state index contributed by atoms with van der Waals surface area (Å²) in [7, 11) is 0. The van der Waals surface area contributed by atoms with E-state index in [0.717, 1.165) is 49.2 Å². The first-order valence-electron chi connectivity index (χ1n) is 15.0. The van der Waals surface area contributed by atoms with Gasteiger partial charge in [0.25, 0.3) is 5.56 Å². The molecule has 0 N–H and O–H groups in total. The second-order valence-corrected chi connectivity index (χ2v) is 11.6. The van der Waals surface area contributed by atoms with Crippen molar-refractivity contribution in [3.63, 3.8) is 0 Å². The van der Waals surface area contributed by atoms with Crippen molar-refractivity contribution in [2.75, 3.05) is 32.7 Å². The van der Waals surface area contributed by atoms with Gasteiger partial charge in [-0.25, -0.2) is 9.78 Å². The molecule has 1 fully saturated rings. The Morgan fingerprint density at radius 3 is 2.51 bits per heavy atom. The van der Waals surface area contributed by atoms with Crippen LogP contribution in [0.3, 0.4) is 0 Å². The monoisotopic (exact) mass is 578 g/mol. The average Bonchev–Trinajstić information content (AvgIpc) is 3.39. The van der Waals surface area contributed by atoms with Crippen LogP contribution in [-0.2, 0) is 44.4 Å². The molecule has 1 unspecified atom stereocenters. The van der Waals surface area contributed by atoms with E-state index in [9.17, 15) is 14.4 Å². The Morgan fingerprint density at radius 1 is 0.977 bits per heavy atom. The molecular formula is C34H34N4O5. The van der Waals surface area contributed by atoms with Crippen molar-refractivity contribution in [1.29, 1.82) is 0 Å². The van der Waals surface area contributed by atoms with Gasteiger partial charge >= 0.3 is 11.9 Å². The topological polar surface area (TPSA) is 94.0 Å². The number of piperazine rings is 1. The Labute approximate surface area is 249 Å². The number of cyclic esters (lactones) is 1. The number of pyridine rings is 2. The predicted octanol–water partition coefficient (Wildman–Crippen LogP) is 3.84. The second kappa shape index (κ2) is 11.1. The highest BCUT2D eigenvalue weighted by atomic mass is 16.6. The third kappa shape index (κ3) is 4.92. The largest absolute Gasteiger partial charge is 0.457 e. The summed E-state index contributed by atoms with van der Waals surface area (Å²) in [6.07, 6.45) is 0.299. The molecule has 0 saturated carbocycles. The minimum Gasteiger partial charge on any atom is -0.457 e. The summed E-state index contributed by atoms with van der Waals surface area (Å²) in [5.74, 6) is -1.12. The number of esters is 2.